The van der Waals surface area contributed by atoms with Gasteiger partial charge in [0.1, 0.15) is 5.82 Å². The van der Waals surface area contributed by atoms with Crippen LogP contribution in [0.15, 0.2) is 47.1 Å². The van der Waals surface area contributed by atoms with E-state index in [1.54, 1.807) is 0 Å². The molecule has 1 aromatic carbocycles. The average Bonchev–Trinajstić information content (AvgIpc) is 3.41. The Morgan fingerprint density at radius 1 is 0.974 bits per heavy atom. The number of alkyl halides is 3. The maximum atomic E-state index is 12.8. The predicted molar refractivity (Wildman–Crippen MR) is 139 cm³/mol. The summed E-state index contributed by atoms with van der Waals surface area (Å²) in [5.74, 6) is 1.92. The third-order valence-electron chi connectivity index (χ3n) is 7.65. The minimum absolute atomic E-state index is 0.230. The number of benzene rings is 1. The van der Waals surface area contributed by atoms with Crippen LogP contribution in [-0.2, 0) is 18.1 Å². The second kappa shape index (κ2) is 11.6. The van der Waals surface area contributed by atoms with Crippen LogP contribution in [0.1, 0.15) is 54.9 Å². The molecular formula is C27H32ClF3N6O. The molecule has 1 saturated heterocycles. The Balaban J connectivity index is 1.09. The van der Waals surface area contributed by atoms with Gasteiger partial charge in [-0.05, 0) is 42.7 Å². The van der Waals surface area contributed by atoms with E-state index in [-0.39, 0.29) is 5.41 Å². The summed E-state index contributed by atoms with van der Waals surface area (Å²) >= 11 is 6.13. The van der Waals surface area contributed by atoms with Crippen molar-refractivity contribution in [2.45, 2.75) is 50.2 Å². The Kier molecular flexibility index (Phi) is 8.20. The first kappa shape index (κ1) is 26.9. The molecule has 0 unspecified atom stereocenters. The van der Waals surface area contributed by atoms with E-state index >= 15 is 0 Å². The van der Waals surface area contributed by atoms with Gasteiger partial charge in [-0.25, -0.2) is 4.98 Å². The van der Waals surface area contributed by atoms with E-state index in [2.05, 4.69) is 32.5 Å². The second-order valence-electron chi connectivity index (χ2n) is 10.1. The number of rotatable bonds is 8. The summed E-state index contributed by atoms with van der Waals surface area (Å²) in [6.45, 7) is 5.19. The van der Waals surface area contributed by atoms with Crippen molar-refractivity contribution in [3.63, 3.8) is 0 Å². The maximum Gasteiger partial charge on any atom is 0.417 e. The van der Waals surface area contributed by atoms with E-state index in [4.69, 9.17) is 21.1 Å². The maximum absolute atomic E-state index is 12.8. The SMILES string of the molecule is FC(F)(F)c1ccc(N2CCN(CCNCc3nc(C4(c5ccc(Cl)cc5)CCCCC4)no3)CC2)nc1. The van der Waals surface area contributed by atoms with Crippen molar-refractivity contribution in [3.05, 3.63) is 70.5 Å². The highest BCUT2D eigenvalue weighted by Gasteiger charge is 2.40. The third-order valence-corrected chi connectivity index (χ3v) is 7.90. The summed E-state index contributed by atoms with van der Waals surface area (Å²) in [4.78, 5) is 13.1. The first-order valence-corrected chi connectivity index (χ1v) is 13.5. The van der Waals surface area contributed by atoms with Crippen LogP contribution in [0.2, 0.25) is 5.02 Å². The Hall–Kier alpha value is -2.69. The molecule has 3 aromatic rings. The number of aromatic nitrogens is 3. The number of hydrogen-bond donors (Lipinski definition) is 1. The minimum atomic E-state index is -4.37. The normalized spacial score (nSPS) is 18.6. The van der Waals surface area contributed by atoms with Crippen LogP contribution in [0, 0.1) is 0 Å². The molecule has 0 atom stereocenters. The fourth-order valence-corrected chi connectivity index (χ4v) is 5.59. The molecule has 2 fully saturated rings. The van der Waals surface area contributed by atoms with Gasteiger partial charge in [-0.1, -0.05) is 48.2 Å². The number of pyridine rings is 1. The van der Waals surface area contributed by atoms with Gasteiger partial charge in [0.25, 0.3) is 0 Å². The smallest absolute Gasteiger partial charge is 0.354 e. The lowest BCUT2D eigenvalue weighted by Gasteiger charge is -2.35. The molecule has 204 valence electrons. The average molecular weight is 549 g/mol. The van der Waals surface area contributed by atoms with E-state index < -0.39 is 11.7 Å². The van der Waals surface area contributed by atoms with Gasteiger partial charge < -0.3 is 14.7 Å². The van der Waals surface area contributed by atoms with Crippen LogP contribution < -0.4 is 10.2 Å². The molecule has 5 rings (SSSR count). The molecule has 3 heterocycles. The van der Waals surface area contributed by atoms with Crippen LogP contribution in [0.3, 0.4) is 0 Å². The summed E-state index contributed by atoms with van der Waals surface area (Å²) in [6.07, 6.45) is 2.01. The van der Waals surface area contributed by atoms with E-state index in [0.29, 0.717) is 18.3 Å². The third kappa shape index (κ3) is 6.13. The Morgan fingerprint density at radius 3 is 2.37 bits per heavy atom. The largest absolute Gasteiger partial charge is 0.417 e. The van der Waals surface area contributed by atoms with Crippen molar-refractivity contribution in [2.75, 3.05) is 44.2 Å². The lowest BCUT2D eigenvalue weighted by Crippen LogP contribution is -2.48. The van der Waals surface area contributed by atoms with Gasteiger partial charge in [0, 0.05) is 50.5 Å². The van der Waals surface area contributed by atoms with Gasteiger partial charge in [-0.3, -0.25) is 4.90 Å². The summed E-state index contributed by atoms with van der Waals surface area (Å²) in [7, 11) is 0. The summed E-state index contributed by atoms with van der Waals surface area (Å²) in [5.41, 5.74) is 0.234. The lowest BCUT2D eigenvalue weighted by molar-refractivity contribution is -0.137. The Bertz CT molecular complexity index is 1170. The quantitative estimate of drug-likeness (QED) is 0.383. The van der Waals surface area contributed by atoms with Gasteiger partial charge in [0.15, 0.2) is 5.82 Å². The van der Waals surface area contributed by atoms with Gasteiger partial charge >= 0.3 is 6.18 Å². The van der Waals surface area contributed by atoms with Crippen molar-refractivity contribution in [3.8, 4) is 0 Å². The van der Waals surface area contributed by atoms with Gasteiger partial charge in [0.2, 0.25) is 5.89 Å². The lowest BCUT2D eigenvalue weighted by atomic mass is 9.69. The molecule has 0 radical (unpaired) electrons. The zero-order chi connectivity index (χ0) is 26.6. The molecule has 2 aliphatic rings. The van der Waals surface area contributed by atoms with Gasteiger partial charge in [-0.15, -0.1) is 0 Å². The van der Waals surface area contributed by atoms with Crippen LogP contribution in [-0.4, -0.2) is 59.3 Å². The van der Waals surface area contributed by atoms with E-state index in [1.165, 1.54) is 18.1 Å². The molecule has 1 aliphatic heterocycles. The zero-order valence-corrected chi connectivity index (χ0v) is 21.9. The van der Waals surface area contributed by atoms with E-state index in [1.807, 2.05) is 17.0 Å². The Labute approximate surface area is 225 Å². The second-order valence-corrected chi connectivity index (χ2v) is 10.5. The molecule has 1 aliphatic carbocycles. The van der Waals surface area contributed by atoms with Crippen LogP contribution >= 0.6 is 11.6 Å². The van der Waals surface area contributed by atoms with Crippen LogP contribution in [0.4, 0.5) is 19.0 Å². The van der Waals surface area contributed by atoms with Crippen LogP contribution in [0.5, 0.6) is 0 Å². The summed E-state index contributed by atoms with van der Waals surface area (Å²) < 4.78 is 43.9. The van der Waals surface area contributed by atoms with Crippen molar-refractivity contribution in [2.24, 2.45) is 0 Å². The molecule has 0 spiro atoms. The topological polar surface area (TPSA) is 70.3 Å². The van der Waals surface area contributed by atoms with Crippen molar-refractivity contribution in [1.82, 2.24) is 25.3 Å². The standard InChI is InChI=1S/C27H32ClF3N6O/c28-22-7-4-20(5-8-22)26(10-2-1-3-11-26)25-34-24(38-35-25)19-32-12-13-36-14-16-37(17-15-36)23-9-6-21(18-33-23)27(29,30)31/h4-9,18,32H,1-3,10-17,19H2. The predicted octanol–water partition coefficient (Wildman–Crippen LogP) is 5.30. The van der Waals surface area contributed by atoms with Crippen molar-refractivity contribution in [1.29, 1.82) is 0 Å². The molecule has 7 nitrogen and oxygen atoms in total. The zero-order valence-electron chi connectivity index (χ0n) is 21.2. The molecule has 11 heteroatoms. The monoisotopic (exact) mass is 548 g/mol. The highest BCUT2D eigenvalue weighted by Crippen LogP contribution is 2.43. The summed E-state index contributed by atoms with van der Waals surface area (Å²) in [6, 6.07) is 10.5. The Morgan fingerprint density at radius 2 is 1.71 bits per heavy atom. The molecule has 1 N–H and O–H groups in total. The number of hydrogen-bond acceptors (Lipinski definition) is 7. The first-order chi connectivity index (χ1) is 18.3. The molecular weight excluding hydrogens is 517 g/mol. The molecule has 0 amide bonds. The fourth-order valence-electron chi connectivity index (χ4n) is 5.46. The van der Waals surface area contributed by atoms with E-state index in [0.717, 1.165) is 88.1 Å². The van der Waals surface area contributed by atoms with Crippen molar-refractivity contribution < 1.29 is 17.7 Å². The molecule has 2 aromatic heterocycles. The summed E-state index contributed by atoms with van der Waals surface area (Å²) in [5, 5.41) is 8.51. The van der Waals surface area contributed by atoms with Crippen LogP contribution in [0.25, 0.3) is 0 Å². The minimum Gasteiger partial charge on any atom is -0.354 e. The van der Waals surface area contributed by atoms with Gasteiger partial charge in [0.05, 0.1) is 17.5 Å². The van der Waals surface area contributed by atoms with Gasteiger partial charge in [-0.2, -0.15) is 18.2 Å². The fraction of sp³-hybridized carbons (Fsp3) is 0.519. The number of halogens is 4. The molecule has 1 saturated carbocycles. The highest BCUT2D eigenvalue weighted by molar-refractivity contribution is 6.30. The molecule has 38 heavy (non-hydrogen) atoms. The molecule has 0 bridgehead atoms. The number of nitrogens with zero attached hydrogens (tertiary/aromatic N) is 5. The number of nitrogens with one attached hydrogen (secondary N) is 1. The van der Waals surface area contributed by atoms with E-state index in [9.17, 15) is 13.2 Å². The highest BCUT2D eigenvalue weighted by atomic mass is 35.5. The number of anilines is 1. The first-order valence-electron chi connectivity index (χ1n) is 13.1. The van der Waals surface area contributed by atoms with Crippen molar-refractivity contribution >= 4 is 17.4 Å². The number of piperazine rings is 1.